The van der Waals surface area contributed by atoms with E-state index in [9.17, 15) is 5.11 Å². The fourth-order valence-corrected chi connectivity index (χ4v) is 3.54. The van der Waals surface area contributed by atoms with Crippen LogP contribution >= 0.6 is 11.8 Å². The minimum absolute atomic E-state index is 0.0670. The summed E-state index contributed by atoms with van der Waals surface area (Å²) in [6.45, 7) is 8.93. The summed E-state index contributed by atoms with van der Waals surface area (Å²) in [7, 11) is 0. The van der Waals surface area contributed by atoms with E-state index in [4.69, 9.17) is 0 Å². The Balaban J connectivity index is 2.18. The van der Waals surface area contributed by atoms with Crippen molar-refractivity contribution >= 4 is 11.8 Å². The molecule has 0 bridgehead atoms. The van der Waals surface area contributed by atoms with Gasteiger partial charge < -0.3 is 10.4 Å². The molecule has 1 fully saturated rings. The number of rotatable bonds is 5. The van der Waals surface area contributed by atoms with Crippen LogP contribution in [0.4, 0.5) is 0 Å². The topological polar surface area (TPSA) is 32.3 Å². The van der Waals surface area contributed by atoms with E-state index >= 15 is 0 Å². The van der Waals surface area contributed by atoms with Gasteiger partial charge in [-0.1, -0.05) is 20.8 Å². The molecule has 0 spiro atoms. The molecule has 1 aliphatic rings. The molecule has 96 valence electrons. The van der Waals surface area contributed by atoms with Crippen molar-refractivity contribution in [2.45, 2.75) is 51.4 Å². The van der Waals surface area contributed by atoms with Gasteiger partial charge in [-0.05, 0) is 49.9 Å². The fraction of sp³-hybridized carbons (Fsp3) is 1.00. The lowest BCUT2D eigenvalue weighted by Gasteiger charge is -2.22. The standard InChI is InChI=1S/C13H27NOS/c1-13(2,3)9-14-8-7-10-5-6-11(15)12(10)16-4/h10-12,14-15H,5-9H2,1-4H3/t10-,11-,12-/m1/s1. The summed E-state index contributed by atoms with van der Waals surface area (Å²) < 4.78 is 0. The zero-order valence-electron chi connectivity index (χ0n) is 11.1. The van der Waals surface area contributed by atoms with Gasteiger partial charge in [0.15, 0.2) is 0 Å². The van der Waals surface area contributed by atoms with Crippen molar-refractivity contribution in [2.75, 3.05) is 19.3 Å². The molecule has 0 heterocycles. The third kappa shape index (κ3) is 4.64. The molecule has 0 unspecified atom stereocenters. The van der Waals surface area contributed by atoms with E-state index in [1.165, 1.54) is 12.8 Å². The zero-order chi connectivity index (χ0) is 12.2. The van der Waals surface area contributed by atoms with Crippen molar-refractivity contribution in [1.82, 2.24) is 5.32 Å². The van der Waals surface area contributed by atoms with Gasteiger partial charge in [-0.15, -0.1) is 0 Å². The van der Waals surface area contributed by atoms with Crippen molar-refractivity contribution in [3.05, 3.63) is 0 Å². The smallest absolute Gasteiger partial charge is 0.0661 e. The minimum Gasteiger partial charge on any atom is -0.392 e. The summed E-state index contributed by atoms with van der Waals surface area (Å²) in [5.41, 5.74) is 0.369. The highest BCUT2D eigenvalue weighted by atomic mass is 32.2. The lowest BCUT2D eigenvalue weighted by molar-refractivity contribution is 0.182. The molecule has 1 rings (SSSR count). The van der Waals surface area contributed by atoms with Crippen molar-refractivity contribution < 1.29 is 5.11 Å². The van der Waals surface area contributed by atoms with E-state index in [1.807, 2.05) is 11.8 Å². The molecule has 2 N–H and O–H groups in total. The Morgan fingerprint density at radius 3 is 2.56 bits per heavy atom. The van der Waals surface area contributed by atoms with Crippen molar-refractivity contribution in [1.29, 1.82) is 0 Å². The maximum atomic E-state index is 9.80. The monoisotopic (exact) mass is 245 g/mol. The largest absolute Gasteiger partial charge is 0.392 e. The van der Waals surface area contributed by atoms with Gasteiger partial charge in [-0.3, -0.25) is 0 Å². The molecule has 0 saturated heterocycles. The third-order valence-electron chi connectivity index (χ3n) is 3.30. The van der Waals surface area contributed by atoms with Crippen molar-refractivity contribution in [2.24, 2.45) is 11.3 Å². The summed E-state index contributed by atoms with van der Waals surface area (Å²) in [5.74, 6) is 0.706. The molecule has 0 aromatic rings. The predicted octanol–water partition coefficient (Wildman–Crippen LogP) is 2.51. The van der Waals surface area contributed by atoms with Crippen LogP contribution in [0.5, 0.6) is 0 Å². The predicted molar refractivity (Wildman–Crippen MR) is 73.0 cm³/mol. The van der Waals surface area contributed by atoms with E-state index in [2.05, 4.69) is 32.3 Å². The van der Waals surface area contributed by atoms with Gasteiger partial charge >= 0.3 is 0 Å². The van der Waals surface area contributed by atoms with Gasteiger partial charge in [0.05, 0.1) is 6.10 Å². The molecule has 1 saturated carbocycles. The Labute approximate surface area is 105 Å². The first-order valence-electron chi connectivity index (χ1n) is 6.35. The lowest BCUT2D eigenvalue weighted by atomic mass is 9.96. The zero-order valence-corrected chi connectivity index (χ0v) is 11.9. The van der Waals surface area contributed by atoms with Crippen LogP contribution in [-0.4, -0.2) is 35.8 Å². The summed E-state index contributed by atoms with van der Waals surface area (Å²) >= 11 is 1.83. The molecule has 0 aromatic heterocycles. The van der Waals surface area contributed by atoms with Crippen LogP contribution in [0.2, 0.25) is 0 Å². The van der Waals surface area contributed by atoms with Gasteiger partial charge in [0.2, 0.25) is 0 Å². The van der Waals surface area contributed by atoms with E-state index in [0.717, 1.165) is 19.5 Å². The van der Waals surface area contributed by atoms with Crippen LogP contribution < -0.4 is 5.32 Å². The second-order valence-corrected chi connectivity index (χ2v) is 7.15. The summed E-state index contributed by atoms with van der Waals surface area (Å²) in [6, 6.07) is 0. The van der Waals surface area contributed by atoms with E-state index < -0.39 is 0 Å². The molecular weight excluding hydrogens is 218 g/mol. The molecule has 0 amide bonds. The third-order valence-corrected chi connectivity index (χ3v) is 4.54. The highest BCUT2D eigenvalue weighted by molar-refractivity contribution is 7.99. The van der Waals surface area contributed by atoms with Crippen LogP contribution in [0, 0.1) is 11.3 Å². The first-order chi connectivity index (χ1) is 7.44. The van der Waals surface area contributed by atoms with Gasteiger partial charge in [0.25, 0.3) is 0 Å². The molecule has 1 aliphatic carbocycles. The highest BCUT2D eigenvalue weighted by Gasteiger charge is 2.33. The quantitative estimate of drug-likeness (QED) is 0.730. The molecule has 0 aromatic carbocycles. The Hall–Kier alpha value is 0.270. The number of nitrogens with one attached hydrogen (secondary N) is 1. The molecule has 3 heteroatoms. The number of hydrogen-bond acceptors (Lipinski definition) is 3. The van der Waals surface area contributed by atoms with Crippen molar-refractivity contribution in [3.8, 4) is 0 Å². The van der Waals surface area contributed by atoms with E-state index in [1.54, 1.807) is 0 Å². The molecule has 16 heavy (non-hydrogen) atoms. The number of thioether (sulfide) groups is 1. The first kappa shape index (κ1) is 14.3. The normalized spacial score (nSPS) is 30.9. The lowest BCUT2D eigenvalue weighted by Crippen LogP contribution is -2.30. The molecule has 3 atom stereocenters. The van der Waals surface area contributed by atoms with Crippen molar-refractivity contribution in [3.63, 3.8) is 0 Å². The Kier molecular flexibility index (Phi) is 5.62. The van der Waals surface area contributed by atoms with Crippen LogP contribution in [-0.2, 0) is 0 Å². The minimum atomic E-state index is -0.0670. The number of aliphatic hydroxyl groups is 1. The maximum Gasteiger partial charge on any atom is 0.0661 e. The van der Waals surface area contributed by atoms with Gasteiger partial charge in [0.1, 0.15) is 0 Å². The summed E-state index contributed by atoms with van der Waals surface area (Å²) in [4.78, 5) is 0. The van der Waals surface area contributed by atoms with E-state index in [-0.39, 0.29) is 6.10 Å². The second kappa shape index (κ2) is 6.27. The van der Waals surface area contributed by atoms with Crippen LogP contribution in [0.25, 0.3) is 0 Å². The Bertz CT molecular complexity index is 203. The molecular formula is C13H27NOS. The summed E-state index contributed by atoms with van der Waals surface area (Å²) in [5, 5.41) is 13.8. The van der Waals surface area contributed by atoms with Gasteiger partial charge in [0, 0.05) is 5.25 Å². The Morgan fingerprint density at radius 1 is 1.31 bits per heavy atom. The SMILES string of the molecule is CS[C@@H]1[C@@H](CCNCC(C)(C)C)CC[C@H]1O. The van der Waals surface area contributed by atoms with Crippen LogP contribution in [0.1, 0.15) is 40.0 Å². The molecule has 0 aliphatic heterocycles. The average Bonchev–Trinajstić information content (AvgIpc) is 2.52. The van der Waals surface area contributed by atoms with E-state index in [0.29, 0.717) is 16.6 Å². The molecule has 0 radical (unpaired) electrons. The summed E-state index contributed by atoms with van der Waals surface area (Å²) in [6.07, 6.45) is 5.45. The first-order valence-corrected chi connectivity index (χ1v) is 7.64. The van der Waals surface area contributed by atoms with Crippen LogP contribution in [0.3, 0.4) is 0 Å². The van der Waals surface area contributed by atoms with Gasteiger partial charge in [-0.2, -0.15) is 11.8 Å². The second-order valence-electron chi connectivity index (χ2n) is 6.13. The average molecular weight is 245 g/mol. The fourth-order valence-electron chi connectivity index (χ4n) is 2.44. The number of aliphatic hydroxyl groups excluding tert-OH is 1. The maximum absolute atomic E-state index is 9.80. The Morgan fingerprint density at radius 2 is 2.00 bits per heavy atom. The van der Waals surface area contributed by atoms with Gasteiger partial charge in [-0.25, -0.2) is 0 Å². The highest BCUT2D eigenvalue weighted by Crippen LogP contribution is 2.35. The molecule has 2 nitrogen and oxygen atoms in total. The van der Waals surface area contributed by atoms with Crippen LogP contribution in [0.15, 0.2) is 0 Å². The number of hydrogen-bond donors (Lipinski definition) is 2.